The lowest BCUT2D eigenvalue weighted by atomic mass is 10.2. The standard InChI is InChI=1S/C19H26N4O4S/c1-3-4-5-8-11-22-14-17(18(24)20-19(22)25)28(26,27)23-13-12-21(2)15-9-6-7-10-16(15)23/h6-7,9-10,14H,3-5,8,11-13H2,1-2H3,(H,20,24,25). The van der Waals surface area contributed by atoms with Crippen molar-refractivity contribution in [2.45, 2.75) is 44.0 Å². The van der Waals surface area contributed by atoms with Gasteiger partial charge in [-0.05, 0) is 18.6 Å². The number of aromatic nitrogens is 2. The number of nitrogens with zero attached hydrogens (tertiary/aromatic N) is 3. The minimum atomic E-state index is -4.10. The highest BCUT2D eigenvalue weighted by Crippen LogP contribution is 2.34. The number of benzene rings is 1. The number of fused-ring (bicyclic) bond motifs is 1. The van der Waals surface area contributed by atoms with Crippen molar-refractivity contribution >= 4 is 21.4 Å². The van der Waals surface area contributed by atoms with Gasteiger partial charge in [0.15, 0.2) is 4.90 Å². The fourth-order valence-electron chi connectivity index (χ4n) is 3.40. The lowest BCUT2D eigenvalue weighted by Gasteiger charge is -2.35. The van der Waals surface area contributed by atoms with E-state index in [1.54, 1.807) is 12.1 Å². The number of aryl methyl sites for hydroxylation is 1. The van der Waals surface area contributed by atoms with Gasteiger partial charge >= 0.3 is 5.69 Å². The number of sulfonamides is 1. The largest absolute Gasteiger partial charge is 0.371 e. The number of rotatable bonds is 7. The van der Waals surface area contributed by atoms with Crippen molar-refractivity contribution in [1.82, 2.24) is 9.55 Å². The van der Waals surface area contributed by atoms with Crippen LogP contribution >= 0.6 is 0 Å². The van der Waals surface area contributed by atoms with Gasteiger partial charge in [0.25, 0.3) is 15.6 Å². The average Bonchev–Trinajstić information content (AvgIpc) is 2.66. The van der Waals surface area contributed by atoms with E-state index in [2.05, 4.69) is 11.9 Å². The quantitative estimate of drug-likeness (QED) is 0.707. The van der Waals surface area contributed by atoms with Crippen LogP contribution in [0.15, 0.2) is 44.9 Å². The van der Waals surface area contributed by atoms with Crippen molar-refractivity contribution in [3.8, 4) is 0 Å². The molecule has 152 valence electrons. The molecular weight excluding hydrogens is 380 g/mol. The highest BCUT2D eigenvalue weighted by atomic mass is 32.2. The Bertz CT molecular complexity index is 1060. The molecule has 28 heavy (non-hydrogen) atoms. The summed E-state index contributed by atoms with van der Waals surface area (Å²) in [6.45, 7) is 3.19. The zero-order valence-electron chi connectivity index (χ0n) is 16.2. The van der Waals surface area contributed by atoms with Gasteiger partial charge < -0.3 is 4.90 Å². The summed E-state index contributed by atoms with van der Waals surface area (Å²) in [5.74, 6) is 0. The minimum absolute atomic E-state index is 0.227. The predicted molar refractivity (Wildman–Crippen MR) is 110 cm³/mol. The maximum atomic E-state index is 13.3. The summed E-state index contributed by atoms with van der Waals surface area (Å²) < 4.78 is 29.1. The van der Waals surface area contributed by atoms with Crippen LogP contribution in [0.25, 0.3) is 0 Å². The molecule has 0 aliphatic carbocycles. The van der Waals surface area contributed by atoms with Crippen LogP contribution in [0.1, 0.15) is 32.6 Å². The van der Waals surface area contributed by atoms with Crippen molar-refractivity contribution in [1.29, 1.82) is 0 Å². The number of likely N-dealkylation sites (N-methyl/N-ethyl adjacent to an activating group) is 1. The second-order valence-electron chi connectivity index (χ2n) is 6.99. The molecule has 0 spiro atoms. The topological polar surface area (TPSA) is 95.5 Å². The molecule has 0 fully saturated rings. The molecule has 2 aromatic rings. The molecule has 0 unspecified atom stereocenters. The first-order valence-electron chi connectivity index (χ1n) is 9.53. The maximum absolute atomic E-state index is 13.3. The molecule has 0 bridgehead atoms. The Morgan fingerprint density at radius 1 is 1.04 bits per heavy atom. The van der Waals surface area contributed by atoms with Gasteiger partial charge in [0.05, 0.1) is 17.9 Å². The number of nitrogens with one attached hydrogen (secondary N) is 1. The first-order chi connectivity index (χ1) is 13.4. The maximum Gasteiger partial charge on any atom is 0.328 e. The van der Waals surface area contributed by atoms with Crippen LogP contribution in [0.2, 0.25) is 0 Å². The number of para-hydroxylation sites is 2. The van der Waals surface area contributed by atoms with Crippen LogP contribution in [-0.4, -0.2) is 38.1 Å². The van der Waals surface area contributed by atoms with Gasteiger partial charge in [-0.25, -0.2) is 13.2 Å². The SMILES string of the molecule is CCCCCCn1cc(S(=O)(=O)N2CCN(C)c3ccccc32)c(=O)[nH]c1=O. The number of hydrogen-bond donors (Lipinski definition) is 1. The van der Waals surface area contributed by atoms with E-state index in [4.69, 9.17) is 0 Å². The van der Waals surface area contributed by atoms with Gasteiger partial charge in [0.1, 0.15) is 0 Å². The normalized spacial score (nSPS) is 14.2. The summed E-state index contributed by atoms with van der Waals surface area (Å²) in [5.41, 5.74) is -0.163. The van der Waals surface area contributed by atoms with Crippen molar-refractivity contribution in [3.63, 3.8) is 0 Å². The summed E-state index contributed by atoms with van der Waals surface area (Å²) in [6.07, 6.45) is 4.97. The third-order valence-electron chi connectivity index (χ3n) is 5.00. The summed E-state index contributed by atoms with van der Waals surface area (Å²) in [5, 5.41) is 0. The third-order valence-corrected chi connectivity index (χ3v) is 6.81. The van der Waals surface area contributed by atoms with E-state index in [0.717, 1.165) is 31.4 Å². The fourth-order valence-corrected chi connectivity index (χ4v) is 4.91. The van der Waals surface area contributed by atoms with Gasteiger partial charge in [-0.15, -0.1) is 0 Å². The molecule has 0 radical (unpaired) electrons. The van der Waals surface area contributed by atoms with E-state index >= 15 is 0 Å². The molecule has 1 aliphatic heterocycles. The van der Waals surface area contributed by atoms with E-state index in [9.17, 15) is 18.0 Å². The van der Waals surface area contributed by atoms with E-state index in [1.807, 2.05) is 24.1 Å². The van der Waals surface area contributed by atoms with Crippen molar-refractivity contribution in [3.05, 3.63) is 51.3 Å². The van der Waals surface area contributed by atoms with Gasteiger partial charge in [-0.1, -0.05) is 38.3 Å². The second kappa shape index (κ2) is 8.22. The second-order valence-corrected chi connectivity index (χ2v) is 8.82. The van der Waals surface area contributed by atoms with Crippen LogP contribution in [0.4, 0.5) is 11.4 Å². The summed E-state index contributed by atoms with van der Waals surface area (Å²) in [7, 11) is -2.21. The van der Waals surface area contributed by atoms with Crippen LogP contribution in [0, 0.1) is 0 Å². The van der Waals surface area contributed by atoms with Crippen molar-refractivity contribution in [2.75, 3.05) is 29.3 Å². The summed E-state index contributed by atoms with van der Waals surface area (Å²) >= 11 is 0. The van der Waals surface area contributed by atoms with Crippen LogP contribution < -0.4 is 20.5 Å². The molecule has 2 heterocycles. The molecular formula is C19H26N4O4S. The third kappa shape index (κ3) is 3.84. The van der Waals surface area contributed by atoms with Crippen LogP contribution in [0.5, 0.6) is 0 Å². The lowest BCUT2D eigenvalue weighted by Crippen LogP contribution is -2.45. The summed E-state index contributed by atoms with van der Waals surface area (Å²) in [6, 6.07) is 7.17. The molecule has 3 rings (SSSR count). The van der Waals surface area contributed by atoms with E-state index in [-0.39, 0.29) is 6.54 Å². The molecule has 1 N–H and O–H groups in total. The first-order valence-corrected chi connectivity index (χ1v) is 11.0. The van der Waals surface area contributed by atoms with Crippen molar-refractivity contribution in [2.24, 2.45) is 0 Å². The van der Waals surface area contributed by atoms with Gasteiger partial charge in [0, 0.05) is 26.3 Å². The number of aromatic amines is 1. The minimum Gasteiger partial charge on any atom is -0.371 e. The molecule has 0 saturated heterocycles. The molecule has 0 saturated carbocycles. The fraction of sp³-hybridized carbons (Fsp3) is 0.474. The molecule has 1 aromatic carbocycles. The van der Waals surface area contributed by atoms with Gasteiger partial charge in [-0.2, -0.15) is 0 Å². The monoisotopic (exact) mass is 406 g/mol. The average molecular weight is 407 g/mol. The molecule has 0 atom stereocenters. The zero-order chi connectivity index (χ0) is 20.3. The molecule has 1 aromatic heterocycles. The Labute approximate surface area is 164 Å². The number of hydrogen-bond acceptors (Lipinski definition) is 5. The van der Waals surface area contributed by atoms with Gasteiger partial charge in [0.2, 0.25) is 0 Å². The number of H-pyrrole nitrogens is 1. The van der Waals surface area contributed by atoms with E-state index in [0.29, 0.717) is 18.8 Å². The Kier molecular flexibility index (Phi) is 5.93. The smallest absolute Gasteiger partial charge is 0.328 e. The predicted octanol–water partition coefficient (Wildman–Crippen LogP) is 1.76. The number of anilines is 2. The Hall–Kier alpha value is -2.55. The van der Waals surface area contributed by atoms with E-state index in [1.165, 1.54) is 15.1 Å². The lowest BCUT2D eigenvalue weighted by molar-refractivity contribution is 0.548. The van der Waals surface area contributed by atoms with Crippen LogP contribution in [0.3, 0.4) is 0 Å². The zero-order valence-corrected chi connectivity index (χ0v) is 17.0. The highest BCUT2D eigenvalue weighted by Gasteiger charge is 2.33. The van der Waals surface area contributed by atoms with Crippen LogP contribution in [-0.2, 0) is 16.6 Å². The summed E-state index contributed by atoms with van der Waals surface area (Å²) in [4.78, 5) is 28.2. The van der Waals surface area contributed by atoms with Gasteiger partial charge in [-0.3, -0.25) is 18.7 Å². The van der Waals surface area contributed by atoms with E-state index < -0.39 is 26.2 Å². The molecule has 1 aliphatic rings. The Balaban J connectivity index is 1.99. The Morgan fingerprint density at radius 3 is 2.46 bits per heavy atom. The van der Waals surface area contributed by atoms with Crippen molar-refractivity contribution < 1.29 is 8.42 Å². The first kappa shape index (κ1) is 20.2. The highest BCUT2D eigenvalue weighted by molar-refractivity contribution is 7.92. The molecule has 0 amide bonds. The number of unbranched alkanes of at least 4 members (excludes halogenated alkanes) is 3. The molecule has 9 heteroatoms. The Morgan fingerprint density at radius 2 is 1.75 bits per heavy atom. The molecule has 8 nitrogen and oxygen atoms in total.